The molecule has 0 saturated carbocycles. The number of aryl methyl sites for hydroxylation is 1. The molecule has 0 aliphatic rings. The van der Waals surface area contributed by atoms with Crippen LogP contribution in [0.2, 0.25) is 0 Å². The van der Waals surface area contributed by atoms with E-state index in [0.29, 0.717) is 5.03 Å². The largest absolute Gasteiger partial charge is 0.618 e. The topological polar surface area (TPSA) is 39.8 Å². The summed E-state index contributed by atoms with van der Waals surface area (Å²) >= 11 is 1.51. The minimum Gasteiger partial charge on any atom is -0.618 e. The van der Waals surface area contributed by atoms with Crippen LogP contribution in [0.4, 0.5) is 0 Å². The highest BCUT2D eigenvalue weighted by molar-refractivity contribution is 7.98. The van der Waals surface area contributed by atoms with Crippen molar-refractivity contribution in [2.75, 3.05) is 0 Å². The minimum atomic E-state index is 0.673. The van der Waals surface area contributed by atoms with Crippen molar-refractivity contribution in [3.05, 3.63) is 59.2 Å². The van der Waals surface area contributed by atoms with Crippen LogP contribution < -0.4 is 4.73 Å². The van der Waals surface area contributed by atoms with E-state index in [1.54, 1.807) is 0 Å². The Balaban J connectivity index is 2.11. The van der Waals surface area contributed by atoms with Gasteiger partial charge in [-0.15, -0.1) is 0 Å². The van der Waals surface area contributed by atoms with Crippen molar-refractivity contribution in [2.24, 2.45) is 0 Å². The lowest BCUT2D eigenvalue weighted by molar-refractivity contribution is -0.646. The molecule has 3 nitrogen and oxygen atoms in total. The van der Waals surface area contributed by atoms with E-state index in [1.807, 2.05) is 37.3 Å². The van der Waals surface area contributed by atoms with Gasteiger partial charge in [-0.05, 0) is 24.2 Å². The summed E-state index contributed by atoms with van der Waals surface area (Å²) in [5.41, 5.74) is 1.98. The maximum atomic E-state index is 11.5. The Morgan fingerprint density at radius 1 is 1.31 bits per heavy atom. The molecule has 0 saturated heterocycles. The summed E-state index contributed by atoms with van der Waals surface area (Å²) in [6, 6.07) is 10.1. The average molecular weight is 232 g/mol. The summed E-state index contributed by atoms with van der Waals surface area (Å²) in [6.45, 7) is 1.85. The predicted octanol–water partition coefficient (Wildman–Crippen LogP) is 2.32. The summed E-state index contributed by atoms with van der Waals surface area (Å²) in [5.74, 6) is 0.787. The molecule has 16 heavy (non-hydrogen) atoms. The van der Waals surface area contributed by atoms with E-state index >= 15 is 0 Å². The van der Waals surface area contributed by atoms with Crippen LogP contribution in [0, 0.1) is 12.1 Å². The molecule has 0 radical (unpaired) electrons. The van der Waals surface area contributed by atoms with Gasteiger partial charge < -0.3 is 5.21 Å². The number of hydrogen-bond acceptors (Lipinski definition) is 3. The first-order valence-electron chi connectivity index (χ1n) is 4.99. The normalized spacial score (nSPS) is 10.3. The van der Waals surface area contributed by atoms with Crippen LogP contribution in [0.15, 0.2) is 47.8 Å². The molecule has 1 aromatic carbocycles. The Morgan fingerprint density at radius 2 is 2.06 bits per heavy atom. The summed E-state index contributed by atoms with van der Waals surface area (Å²) in [4.78, 5) is 4.11. The zero-order valence-electron chi connectivity index (χ0n) is 8.96. The van der Waals surface area contributed by atoms with Crippen molar-refractivity contribution in [1.82, 2.24) is 4.98 Å². The fourth-order valence-corrected chi connectivity index (χ4v) is 2.33. The van der Waals surface area contributed by atoms with E-state index in [1.165, 1.54) is 29.7 Å². The predicted molar refractivity (Wildman–Crippen MR) is 63.9 cm³/mol. The second-order valence-corrected chi connectivity index (χ2v) is 4.38. The van der Waals surface area contributed by atoms with Gasteiger partial charge in [-0.2, -0.15) is 4.73 Å². The van der Waals surface area contributed by atoms with Gasteiger partial charge in [0.25, 0.3) is 5.03 Å². The van der Waals surface area contributed by atoms with Gasteiger partial charge in [0.2, 0.25) is 0 Å². The molecule has 0 spiro atoms. The molecule has 1 heterocycles. The van der Waals surface area contributed by atoms with Gasteiger partial charge >= 0.3 is 0 Å². The molecule has 0 aliphatic heterocycles. The Bertz CT molecular complexity index is 453. The zero-order valence-corrected chi connectivity index (χ0v) is 9.78. The first-order chi connectivity index (χ1) is 7.77. The fraction of sp³-hybridized carbons (Fsp3) is 0.167. The number of rotatable bonds is 3. The first kappa shape index (κ1) is 11.0. The van der Waals surface area contributed by atoms with Crippen LogP contribution in [-0.4, -0.2) is 4.98 Å². The van der Waals surface area contributed by atoms with Crippen LogP contribution >= 0.6 is 11.8 Å². The SMILES string of the molecule is Cc1ncc[n+]([O-])c1SCc1ccccc1. The number of hydrogen-bond donors (Lipinski definition) is 0. The van der Waals surface area contributed by atoms with Gasteiger partial charge in [0, 0.05) is 5.75 Å². The third-order valence-corrected chi connectivity index (χ3v) is 3.42. The molecule has 0 unspecified atom stereocenters. The maximum Gasteiger partial charge on any atom is 0.273 e. The van der Waals surface area contributed by atoms with Crippen molar-refractivity contribution in [1.29, 1.82) is 0 Å². The van der Waals surface area contributed by atoms with Gasteiger partial charge in [-0.3, -0.25) is 0 Å². The molecule has 0 amide bonds. The molecular formula is C12H12N2OS. The van der Waals surface area contributed by atoms with Crippen molar-refractivity contribution < 1.29 is 4.73 Å². The number of nitrogens with zero attached hydrogens (tertiary/aromatic N) is 2. The standard InChI is InChI=1S/C12H12N2OS/c1-10-12(14(15)8-7-13-10)16-9-11-5-3-2-4-6-11/h2-8H,9H2,1H3. The molecule has 2 rings (SSSR count). The van der Waals surface area contributed by atoms with E-state index in [2.05, 4.69) is 4.98 Å². The van der Waals surface area contributed by atoms with E-state index in [4.69, 9.17) is 0 Å². The van der Waals surface area contributed by atoms with Crippen LogP contribution in [0.25, 0.3) is 0 Å². The molecular weight excluding hydrogens is 220 g/mol. The molecule has 82 valence electrons. The summed E-state index contributed by atoms with van der Waals surface area (Å²) < 4.78 is 0.871. The van der Waals surface area contributed by atoms with E-state index in [9.17, 15) is 5.21 Å². The molecule has 0 N–H and O–H groups in total. The zero-order chi connectivity index (χ0) is 11.4. The number of thioether (sulfide) groups is 1. The van der Waals surface area contributed by atoms with Crippen molar-refractivity contribution >= 4 is 11.8 Å². The highest BCUT2D eigenvalue weighted by Crippen LogP contribution is 2.20. The molecule has 4 heteroatoms. The third kappa shape index (κ3) is 2.52. The van der Waals surface area contributed by atoms with Crippen LogP contribution in [-0.2, 0) is 5.75 Å². The van der Waals surface area contributed by atoms with Crippen LogP contribution in [0.3, 0.4) is 0 Å². The highest BCUT2D eigenvalue weighted by Gasteiger charge is 2.10. The molecule has 0 bridgehead atoms. The number of benzene rings is 1. The molecule has 0 atom stereocenters. The highest BCUT2D eigenvalue weighted by atomic mass is 32.2. The monoisotopic (exact) mass is 232 g/mol. The second-order valence-electron chi connectivity index (χ2n) is 3.42. The van der Waals surface area contributed by atoms with Crippen molar-refractivity contribution in [3.8, 4) is 0 Å². The number of aromatic nitrogens is 2. The summed E-state index contributed by atoms with van der Waals surface area (Å²) in [5, 5.41) is 12.2. The van der Waals surface area contributed by atoms with E-state index in [0.717, 1.165) is 16.2 Å². The van der Waals surface area contributed by atoms with Crippen molar-refractivity contribution in [3.63, 3.8) is 0 Å². The lowest BCUT2D eigenvalue weighted by Crippen LogP contribution is -2.29. The maximum absolute atomic E-state index is 11.5. The molecule has 2 aromatic rings. The Kier molecular flexibility index (Phi) is 3.41. The van der Waals surface area contributed by atoms with Gasteiger partial charge in [0.1, 0.15) is 5.69 Å². The van der Waals surface area contributed by atoms with Gasteiger partial charge in [-0.1, -0.05) is 30.3 Å². The third-order valence-electron chi connectivity index (χ3n) is 2.20. The van der Waals surface area contributed by atoms with E-state index < -0.39 is 0 Å². The summed E-state index contributed by atoms with van der Waals surface area (Å²) in [7, 11) is 0. The van der Waals surface area contributed by atoms with Crippen LogP contribution in [0.1, 0.15) is 11.3 Å². The Morgan fingerprint density at radius 3 is 2.75 bits per heavy atom. The van der Waals surface area contributed by atoms with Crippen molar-refractivity contribution in [2.45, 2.75) is 17.7 Å². The lowest BCUT2D eigenvalue weighted by atomic mass is 10.2. The molecule has 0 aliphatic carbocycles. The smallest absolute Gasteiger partial charge is 0.273 e. The van der Waals surface area contributed by atoms with Gasteiger partial charge in [0.05, 0.1) is 6.20 Å². The Hall–Kier alpha value is -1.55. The first-order valence-corrected chi connectivity index (χ1v) is 5.97. The fourth-order valence-electron chi connectivity index (χ4n) is 1.38. The summed E-state index contributed by atoms with van der Waals surface area (Å²) in [6.07, 6.45) is 2.95. The Labute approximate surface area is 98.7 Å². The molecule has 1 aromatic heterocycles. The minimum absolute atomic E-state index is 0.673. The molecule has 0 fully saturated rings. The van der Waals surface area contributed by atoms with E-state index in [-0.39, 0.29) is 0 Å². The van der Waals surface area contributed by atoms with Gasteiger partial charge in [-0.25, -0.2) is 4.98 Å². The van der Waals surface area contributed by atoms with Gasteiger partial charge in [0.15, 0.2) is 6.20 Å². The second kappa shape index (κ2) is 4.99. The lowest BCUT2D eigenvalue weighted by Gasteiger charge is -2.05. The van der Waals surface area contributed by atoms with Crippen LogP contribution in [0.5, 0.6) is 0 Å². The quantitative estimate of drug-likeness (QED) is 0.463. The average Bonchev–Trinajstić information content (AvgIpc) is 2.30.